The van der Waals surface area contributed by atoms with Gasteiger partial charge in [-0.3, -0.25) is 9.48 Å². The van der Waals surface area contributed by atoms with E-state index in [1.165, 1.54) is 37.1 Å². The third-order valence-electron chi connectivity index (χ3n) is 5.51. The molecule has 29 heavy (non-hydrogen) atoms. The number of ether oxygens (including phenoxy) is 1. The molecule has 1 aromatic heterocycles. The molecule has 1 unspecified atom stereocenters. The topological polar surface area (TPSA) is 102 Å². The van der Waals surface area contributed by atoms with Crippen molar-refractivity contribution in [2.24, 2.45) is 0 Å². The maximum atomic E-state index is 12.5. The van der Waals surface area contributed by atoms with Crippen LogP contribution in [0.2, 0.25) is 0 Å². The smallest absolute Gasteiger partial charge is 0.255 e. The number of amides is 1. The van der Waals surface area contributed by atoms with Crippen molar-refractivity contribution in [1.29, 1.82) is 0 Å². The number of hydrogen-bond acceptors (Lipinski definition) is 5. The lowest BCUT2D eigenvalue weighted by atomic mass is 10.2. The van der Waals surface area contributed by atoms with Gasteiger partial charge < -0.3 is 10.1 Å². The van der Waals surface area contributed by atoms with E-state index in [0.29, 0.717) is 23.9 Å². The Balaban J connectivity index is 1.36. The van der Waals surface area contributed by atoms with Gasteiger partial charge in [-0.2, -0.15) is 5.10 Å². The zero-order valence-corrected chi connectivity index (χ0v) is 17.0. The van der Waals surface area contributed by atoms with E-state index in [4.69, 9.17) is 4.74 Å². The maximum Gasteiger partial charge on any atom is 0.255 e. The largest absolute Gasteiger partial charge is 0.377 e. The number of nitrogens with zero attached hydrogens (tertiary/aromatic N) is 2. The van der Waals surface area contributed by atoms with Gasteiger partial charge in [-0.15, -0.1) is 0 Å². The molecule has 1 saturated carbocycles. The number of sulfonamides is 1. The lowest BCUT2D eigenvalue weighted by molar-refractivity contribution is 0.102. The highest BCUT2D eigenvalue weighted by molar-refractivity contribution is 7.89. The van der Waals surface area contributed by atoms with Crippen LogP contribution in [0, 0.1) is 0 Å². The summed E-state index contributed by atoms with van der Waals surface area (Å²) in [6, 6.07) is 6.31. The van der Waals surface area contributed by atoms with Gasteiger partial charge >= 0.3 is 0 Å². The summed E-state index contributed by atoms with van der Waals surface area (Å²) in [7, 11) is -3.63. The molecule has 1 aliphatic heterocycles. The fourth-order valence-electron chi connectivity index (χ4n) is 3.85. The molecule has 1 aromatic carbocycles. The predicted octanol–water partition coefficient (Wildman–Crippen LogP) is 2.71. The summed E-state index contributed by atoms with van der Waals surface area (Å²) in [5.41, 5.74) is 1.02. The minimum Gasteiger partial charge on any atom is -0.377 e. The number of rotatable bonds is 7. The van der Waals surface area contributed by atoms with Crippen molar-refractivity contribution in [2.45, 2.75) is 55.6 Å². The first-order valence-corrected chi connectivity index (χ1v) is 11.6. The van der Waals surface area contributed by atoms with Crippen LogP contribution in [0.5, 0.6) is 0 Å². The van der Waals surface area contributed by atoms with Gasteiger partial charge in [0.25, 0.3) is 5.91 Å². The fourth-order valence-corrected chi connectivity index (χ4v) is 4.92. The van der Waals surface area contributed by atoms with E-state index in [1.54, 1.807) is 6.20 Å². The first-order valence-electron chi connectivity index (χ1n) is 10.1. The van der Waals surface area contributed by atoms with E-state index in [0.717, 1.165) is 25.7 Å². The van der Waals surface area contributed by atoms with E-state index < -0.39 is 10.0 Å². The molecule has 8 nitrogen and oxygen atoms in total. The molecule has 1 amide bonds. The van der Waals surface area contributed by atoms with E-state index in [-0.39, 0.29) is 23.5 Å². The van der Waals surface area contributed by atoms with Crippen LogP contribution in [0.4, 0.5) is 5.69 Å². The number of carbonyl (C=O) groups excluding carboxylic acids is 1. The van der Waals surface area contributed by atoms with Gasteiger partial charge in [0.15, 0.2) is 0 Å². The van der Waals surface area contributed by atoms with E-state index >= 15 is 0 Å². The molecule has 156 valence electrons. The number of carbonyl (C=O) groups is 1. The molecule has 2 heterocycles. The van der Waals surface area contributed by atoms with Crippen molar-refractivity contribution in [1.82, 2.24) is 14.5 Å². The van der Waals surface area contributed by atoms with Crippen LogP contribution in [0.1, 0.15) is 54.9 Å². The molecule has 4 rings (SSSR count). The Morgan fingerprint density at radius 1 is 1.14 bits per heavy atom. The van der Waals surface area contributed by atoms with Crippen LogP contribution in [0.3, 0.4) is 0 Å². The van der Waals surface area contributed by atoms with Gasteiger partial charge in [0, 0.05) is 24.9 Å². The fraction of sp³-hybridized carbons (Fsp3) is 0.500. The summed E-state index contributed by atoms with van der Waals surface area (Å²) in [5, 5.41) is 7.17. The van der Waals surface area contributed by atoms with Gasteiger partial charge in [-0.05, 0) is 49.9 Å². The molecule has 1 atom stereocenters. The van der Waals surface area contributed by atoms with Gasteiger partial charge in [0.2, 0.25) is 10.0 Å². The van der Waals surface area contributed by atoms with Crippen LogP contribution < -0.4 is 10.0 Å². The molecule has 2 aliphatic rings. The van der Waals surface area contributed by atoms with Gasteiger partial charge in [-0.1, -0.05) is 12.8 Å². The summed E-state index contributed by atoms with van der Waals surface area (Å²) >= 11 is 0. The Morgan fingerprint density at radius 2 is 1.90 bits per heavy atom. The molecular formula is C20H26N4O4S. The Labute approximate surface area is 170 Å². The quantitative estimate of drug-likeness (QED) is 0.720. The molecule has 2 N–H and O–H groups in total. The Hall–Kier alpha value is -2.23. The highest BCUT2D eigenvalue weighted by Crippen LogP contribution is 2.29. The third kappa shape index (κ3) is 4.85. The molecular weight excluding hydrogens is 392 g/mol. The van der Waals surface area contributed by atoms with Crippen molar-refractivity contribution >= 4 is 21.6 Å². The average Bonchev–Trinajstić information content (AvgIpc) is 3.48. The first kappa shape index (κ1) is 20.1. The number of benzene rings is 1. The zero-order chi connectivity index (χ0) is 20.3. The van der Waals surface area contributed by atoms with Gasteiger partial charge in [0.1, 0.15) is 0 Å². The minimum atomic E-state index is -3.63. The summed E-state index contributed by atoms with van der Waals surface area (Å²) in [6.45, 7) is 0.936. The summed E-state index contributed by atoms with van der Waals surface area (Å²) < 4.78 is 34.7. The number of nitrogens with one attached hydrogen (secondary N) is 2. The van der Waals surface area contributed by atoms with Gasteiger partial charge in [0.05, 0.1) is 28.9 Å². The molecule has 0 spiro atoms. The second kappa shape index (κ2) is 8.64. The van der Waals surface area contributed by atoms with E-state index in [9.17, 15) is 13.2 Å². The monoisotopic (exact) mass is 418 g/mol. The van der Waals surface area contributed by atoms with Crippen molar-refractivity contribution in [3.8, 4) is 0 Å². The standard InChI is InChI=1S/C20H26N4O4S/c25-20(23-16-12-21-24(14-16)17-4-1-2-5-17)15-7-9-19(10-8-15)29(26,27)22-13-18-6-3-11-28-18/h7-10,12,14,17-18,22H,1-6,11,13H2,(H,23,25). The number of hydrogen-bond donors (Lipinski definition) is 2. The molecule has 0 radical (unpaired) electrons. The summed E-state index contributed by atoms with van der Waals surface area (Å²) in [5.74, 6) is -0.299. The van der Waals surface area contributed by atoms with Crippen LogP contribution in [-0.4, -0.2) is 43.4 Å². The second-order valence-electron chi connectivity index (χ2n) is 7.61. The molecule has 2 aromatic rings. The summed E-state index contributed by atoms with van der Waals surface area (Å²) in [6.07, 6.45) is 9.90. The van der Waals surface area contributed by atoms with E-state index in [2.05, 4.69) is 15.1 Å². The average molecular weight is 419 g/mol. The minimum absolute atomic E-state index is 0.0695. The lowest BCUT2D eigenvalue weighted by Crippen LogP contribution is -2.31. The van der Waals surface area contributed by atoms with Crippen molar-refractivity contribution in [3.05, 3.63) is 42.2 Å². The zero-order valence-electron chi connectivity index (χ0n) is 16.2. The lowest BCUT2D eigenvalue weighted by Gasteiger charge is -2.11. The highest BCUT2D eigenvalue weighted by atomic mass is 32.2. The first-order chi connectivity index (χ1) is 14.0. The van der Waals surface area contributed by atoms with Crippen molar-refractivity contribution in [3.63, 3.8) is 0 Å². The number of aromatic nitrogens is 2. The molecule has 1 saturated heterocycles. The number of anilines is 1. The Morgan fingerprint density at radius 3 is 2.59 bits per heavy atom. The molecule has 2 fully saturated rings. The highest BCUT2D eigenvalue weighted by Gasteiger charge is 2.21. The van der Waals surface area contributed by atoms with Crippen molar-refractivity contribution < 1.29 is 17.9 Å². The predicted molar refractivity (Wildman–Crippen MR) is 108 cm³/mol. The maximum absolute atomic E-state index is 12.5. The van der Waals surface area contributed by atoms with Crippen LogP contribution >= 0.6 is 0 Å². The Kier molecular flexibility index (Phi) is 5.98. The third-order valence-corrected chi connectivity index (χ3v) is 6.95. The van der Waals surface area contributed by atoms with E-state index in [1.807, 2.05) is 10.9 Å². The van der Waals surface area contributed by atoms with Crippen molar-refractivity contribution in [2.75, 3.05) is 18.5 Å². The second-order valence-corrected chi connectivity index (χ2v) is 9.38. The molecule has 1 aliphatic carbocycles. The molecule has 0 bridgehead atoms. The Bertz CT molecular complexity index is 943. The normalized spacial score (nSPS) is 20.2. The van der Waals surface area contributed by atoms with Crippen LogP contribution in [-0.2, 0) is 14.8 Å². The van der Waals surface area contributed by atoms with Crippen LogP contribution in [0.15, 0.2) is 41.6 Å². The SMILES string of the molecule is O=C(Nc1cnn(C2CCCC2)c1)c1ccc(S(=O)(=O)NCC2CCCO2)cc1. The van der Waals surface area contributed by atoms with Crippen LogP contribution in [0.25, 0.3) is 0 Å². The summed E-state index contributed by atoms with van der Waals surface area (Å²) in [4.78, 5) is 12.6. The molecule has 9 heteroatoms. The van der Waals surface area contributed by atoms with Gasteiger partial charge in [-0.25, -0.2) is 13.1 Å².